The Morgan fingerprint density at radius 3 is 2.41 bits per heavy atom. The second-order valence-electron chi connectivity index (χ2n) is 7.30. The Kier molecular flexibility index (Phi) is 4.72. The Balaban J connectivity index is 1.63. The fourth-order valence-corrected chi connectivity index (χ4v) is 4.39. The summed E-state index contributed by atoms with van der Waals surface area (Å²) in [6.45, 7) is 1.25. The van der Waals surface area contributed by atoms with Crippen LogP contribution >= 0.6 is 0 Å². The Morgan fingerprint density at radius 1 is 1.07 bits per heavy atom. The molecule has 1 aliphatic carbocycles. The quantitative estimate of drug-likeness (QED) is 0.817. The summed E-state index contributed by atoms with van der Waals surface area (Å²) < 4.78 is 12.5. The molecule has 0 radical (unpaired) electrons. The Hall–Kier alpha value is -2.64. The van der Waals surface area contributed by atoms with Gasteiger partial charge in [0, 0.05) is 13.1 Å². The monoisotopic (exact) mass is 371 g/mol. The van der Waals surface area contributed by atoms with Crippen LogP contribution in [0, 0.1) is 0 Å². The molecule has 2 aliphatic rings. The molecule has 0 atom stereocenters. The number of benzene rings is 1. The van der Waals surface area contributed by atoms with E-state index in [0.29, 0.717) is 18.8 Å². The van der Waals surface area contributed by atoms with Gasteiger partial charge in [0.25, 0.3) is 5.91 Å². The zero-order chi connectivity index (χ0) is 18.9. The van der Waals surface area contributed by atoms with Crippen molar-refractivity contribution in [2.45, 2.75) is 50.6 Å². The summed E-state index contributed by atoms with van der Waals surface area (Å²) in [6.07, 6.45) is 7.12. The van der Waals surface area contributed by atoms with Crippen molar-refractivity contribution in [2.24, 2.45) is 0 Å². The van der Waals surface area contributed by atoms with Crippen LogP contribution in [0.1, 0.15) is 43.2 Å². The first-order valence-corrected chi connectivity index (χ1v) is 9.44. The molecule has 1 aromatic heterocycles. The molecule has 1 amide bonds. The van der Waals surface area contributed by atoms with E-state index in [-0.39, 0.29) is 5.91 Å². The standard InChI is InChI=1S/C19H25N5O3/c1-26-16-10-14-6-9-23(12-15(14)11-17(16)27-2)18(25)19(7-4-3-5-8-19)24-13-20-21-22-24/h10-11,13H,3-9,12H2,1-2H3. The fourth-order valence-electron chi connectivity index (χ4n) is 4.39. The molecule has 0 saturated heterocycles. The summed E-state index contributed by atoms with van der Waals surface area (Å²) in [7, 11) is 3.27. The molecule has 2 aromatic rings. The number of hydrogen-bond donors (Lipinski definition) is 0. The van der Waals surface area contributed by atoms with E-state index in [4.69, 9.17) is 9.47 Å². The third-order valence-corrected chi connectivity index (χ3v) is 5.87. The van der Waals surface area contributed by atoms with Crippen molar-refractivity contribution in [3.8, 4) is 11.5 Å². The van der Waals surface area contributed by atoms with Crippen LogP contribution in [-0.4, -0.2) is 51.8 Å². The number of ether oxygens (including phenoxy) is 2. The molecule has 144 valence electrons. The normalized spacial score (nSPS) is 18.7. The van der Waals surface area contributed by atoms with E-state index in [9.17, 15) is 4.79 Å². The number of nitrogens with zero attached hydrogens (tertiary/aromatic N) is 5. The van der Waals surface area contributed by atoms with Crippen molar-refractivity contribution in [1.29, 1.82) is 0 Å². The van der Waals surface area contributed by atoms with Gasteiger partial charge in [-0.25, -0.2) is 4.68 Å². The van der Waals surface area contributed by atoms with E-state index in [1.165, 1.54) is 5.56 Å². The zero-order valence-corrected chi connectivity index (χ0v) is 15.8. The lowest BCUT2D eigenvalue weighted by Gasteiger charge is -2.40. The molecule has 27 heavy (non-hydrogen) atoms. The minimum Gasteiger partial charge on any atom is -0.493 e. The first-order valence-electron chi connectivity index (χ1n) is 9.44. The van der Waals surface area contributed by atoms with Crippen molar-refractivity contribution in [3.63, 3.8) is 0 Å². The van der Waals surface area contributed by atoms with Crippen molar-refractivity contribution in [1.82, 2.24) is 25.1 Å². The van der Waals surface area contributed by atoms with Gasteiger partial charge in [-0.15, -0.1) is 5.10 Å². The number of aromatic nitrogens is 4. The summed E-state index contributed by atoms with van der Waals surface area (Å²) in [5.74, 6) is 1.54. The second-order valence-corrected chi connectivity index (χ2v) is 7.30. The number of methoxy groups -OCH3 is 2. The van der Waals surface area contributed by atoms with Crippen LogP contribution in [0.25, 0.3) is 0 Å². The third kappa shape index (κ3) is 3.02. The number of tetrazole rings is 1. The first-order chi connectivity index (χ1) is 13.2. The number of carbonyl (C=O) groups is 1. The molecule has 0 bridgehead atoms. The molecule has 8 heteroatoms. The van der Waals surface area contributed by atoms with Crippen molar-refractivity contribution < 1.29 is 14.3 Å². The highest BCUT2D eigenvalue weighted by Gasteiger charge is 2.45. The number of carbonyl (C=O) groups excluding carboxylic acids is 1. The van der Waals surface area contributed by atoms with E-state index in [0.717, 1.165) is 49.8 Å². The maximum absolute atomic E-state index is 13.6. The smallest absolute Gasteiger partial charge is 0.251 e. The second kappa shape index (κ2) is 7.17. The number of fused-ring (bicyclic) bond motifs is 1. The van der Waals surface area contributed by atoms with Crippen LogP contribution in [0.4, 0.5) is 0 Å². The predicted octanol–water partition coefficient (Wildman–Crippen LogP) is 1.93. The minimum absolute atomic E-state index is 0.120. The lowest BCUT2D eigenvalue weighted by Crippen LogP contribution is -2.53. The summed E-state index contributed by atoms with van der Waals surface area (Å²) in [5.41, 5.74) is 1.65. The van der Waals surface area contributed by atoms with Gasteiger partial charge in [0.2, 0.25) is 0 Å². The van der Waals surface area contributed by atoms with E-state index >= 15 is 0 Å². The van der Waals surface area contributed by atoms with Gasteiger partial charge >= 0.3 is 0 Å². The highest BCUT2D eigenvalue weighted by atomic mass is 16.5. The lowest BCUT2D eigenvalue weighted by molar-refractivity contribution is -0.144. The summed E-state index contributed by atoms with van der Waals surface area (Å²) >= 11 is 0. The van der Waals surface area contributed by atoms with E-state index in [1.807, 2.05) is 17.0 Å². The van der Waals surface area contributed by atoms with E-state index < -0.39 is 5.54 Å². The minimum atomic E-state index is -0.657. The molecule has 8 nitrogen and oxygen atoms in total. The van der Waals surface area contributed by atoms with Crippen LogP contribution in [0.2, 0.25) is 0 Å². The maximum atomic E-state index is 13.6. The highest BCUT2D eigenvalue weighted by Crippen LogP contribution is 2.38. The lowest BCUT2D eigenvalue weighted by atomic mass is 9.80. The van der Waals surface area contributed by atoms with Crippen molar-refractivity contribution >= 4 is 5.91 Å². The molecule has 4 rings (SSSR count). The van der Waals surface area contributed by atoms with Gasteiger partial charge in [0.15, 0.2) is 11.5 Å². The van der Waals surface area contributed by atoms with Crippen LogP contribution < -0.4 is 9.47 Å². The van der Waals surface area contributed by atoms with Gasteiger partial charge in [0.1, 0.15) is 11.9 Å². The molecule has 0 N–H and O–H groups in total. The number of hydrogen-bond acceptors (Lipinski definition) is 6. The molecule has 1 aromatic carbocycles. The predicted molar refractivity (Wildman–Crippen MR) is 97.5 cm³/mol. The Bertz CT molecular complexity index is 815. The Morgan fingerprint density at radius 2 is 1.78 bits per heavy atom. The molecule has 1 saturated carbocycles. The fraction of sp³-hybridized carbons (Fsp3) is 0.579. The van der Waals surface area contributed by atoms with E-state index in [2.05, 4.69) is 15.5 Å². The topological polar surface area (TPSA) is 82.4 Å². The average Bonchev–Trinajstić information content (AvgIpc) is 3.27. The van der Waals surface area contributed by atoms with Crippen LogP contribution in [-0.2, 0) is 23.3 Å². The SMILES string of the molecule is COc1cc2c(cc1OC)CN(C(=O)C1(n3cnnn3)CCCCC1)CC2. The van der Waals surface area contributed by atoms with Crippen LogP contribution in [0.5, 0.6) is 11.5 Å². The van der Waals surface area contributed by atoms with Gasteiger partial charge in [-0.3, -0.25) is 4.79 Å². The summed E-state index contributed by atoms with van der Waals surface area (Å²) in [6, 6.07) is 4.01. The average molecular weight is 371 g/mol. The third-order valence-electron chi connectivity index (χ3n) is 5.87. The van der Waals surface area contributed by atoms with Gasteiger partial charge < -0.3 is 14.4 Å². The molecule has 0 spiro atoms. The molecular weight excluding hydrogens is 346 g/mol. The number of amides is 1. The highest BCUT2D eigenvalue weighted by molar-refractivity contribution is 5.85. The van der Waals surface area contributed by atoms with Gasteiger partial charge in [0.05, 0.1) is 14.2 Å². The summed E-state index contributed by atoms with van der Waals surface area (Å²) in [4.78, 5) is 15.6. The number of rotatable bonds is 4. The van der Waals surface area contributed by atoms with Crippen LogP contribution in [0.3, 0.4) is 0 Å². The van der Waals surface area contributed by atoms with Gasteiger partial charge in [-0.05, 0) is 52.9 Å². The molecule has 1 aliphatic heterocycles. The van der Waals surface area contributed by atoms with Gasteiger partial charge in [-0.2, -0.15) is 0 Å². The first kappa shape index (κ1) is 17.8. The summed E-state index contributed by atoms with van der Waals surface area (Å²) in [5, 5.41) is 11.7. The Labute approximate surface area is 158 Å². The molecule has 1 fully saturated rings. The van der Waals surface area contributed by atoms with Gasteiger partial charge in [-0.1, -0.05) is 19.3 Å². The molecular formula is C19H25N5O3. The van der Waals surface area contributed by atoms with E-state index in [1.54, 1.807) is 25.2 Å². The van der Waals surface area contributed by atoms with Crippen LogP contribution in [0.15, 0.2) is 18.5 Å². The largest absolute Gasteiger partial charge is 0.493 e. The molecule has 0 unspecified atom stereocenters. The van der Waals surface area contributed by atoms with Crippen molar-refractivity contribution in [3.05, 3.63) is 29.6 Å². The zero-order valence-electron chi connectivity index (χ0n) is 15.8. The molecule has 2 heterocycles. The van der Waals surface area contributed by atoms with Crippen molar-refractivity contribution in [2.75, 3.05) is 20.8 Å². The maximum Gasteiger partial charge on any atom is 0.251 e.